The van der Waals surface area contributed by atoms with E-state index in [1.54, 1.807) is 12.1 Å². The summed E-state index contributed by atoms with van der Waals surface area (Å²) >= 11 is 1.40. The average molecular weight is 225 g/mol. The SMILES string of the molecule is CC(Sc1ccc([N+](=O)[O-])cc1)C(=N)N. The Balaban J connectivity index is 2.72. The molecule has 0 saturated heterocycles. The summed E-state index contributed by atoms with van der Waals surface area (Å²) in [7, 11) is 0. The quantitative estimate of drug-likeness (QED) is 0.269. The molecule has 80 valence electrons. The molecule has 1 rings (SSSR count). The van der Waals surface area contributed by atoms with E-state index in [1.165, 1.54) is 23.9 Å². The Kier molecular flexibility index (Phi) is 3.68. The van der Waals surface area contributed by atoms with Crippen molar-refractivity contribution < 1.29 is 4.92 Å². The minimum absolute atomic E-state index is 0.0647. The highest BCUT2D eigenvalue weighted by atomic mass is 32.2. The second kappa shape index (κ2) is 4.79. The first-order valence-electron chi connectivity index (χ1n) is 4.25. The van der Waals surface area contributed by atoms with Crippen LogP contribution in [-0.2, 0) is 0 Å². The second-order valence-electron chi connectivity index (χ2n) is 2.97. The number of thioether (sulfide) groups is 1. The molecule has 0 radical (unpaired) electrons. The van der Waals surface area contributed by atoms with Gasteiger partial charge in [-0.3, -0.25) is 15.5 Å². The lowest BCUT2D eigenvalue weighted by Gasteiger charge is -2.08. The van der Waals surface area contributed by atoms with Crippen molar-refractivity contribution in [2.45, 2.75) is 17.1 Å². The summed E-state index contributed by atoms with van der Waals surface area (Å²) < 4.78 is 0. The summed E-state index contributed by atoms with van der Waals surface area (Å²) in [5.41, 5.74) is 5.38. The Morgan fingerprint density at radius 1 is 1.53 bits per heavy atom. The smallest absolute Gasteiger partial charge is 0.269 e. The molecular formula is C9H11N3O2S. The Labute approximate surface area is 91.3 Å². The molecule has 6 heteroatoms. The molecule has 5 nitrogen and oxygen atoms in total. The summed E-state index contributed by atoms with van der Waals surface area (Å²) in [6.45, 7) is 1.81. The van der Waals surface area contributed by atoms with Crippen LogP contribution in [0.3, 0.4) is 0 Å². The molecule has 0 aromatic heterocycles. The third-order valence-electron chi connectivity index (χ3n) is 1.80. The topological polar surface area (TPSA) is 93.0 Å². The molecule has 0 aliphatic carbocycles. The third kappa shape index (κ3) is 3.25. The standard InChI is InChI=1S/C9H11N3O2S/c1-6(9(10)11)15-8-4-2-7(3-5-8)12(13)14/h2-6H,1H3,(H3,10,11). The molecule has 1 unspecified atom stereocenters. The molecule has 3 N–H and O–H groups in total. The van der Waals surface area contributed by atoms with Crippen LogP contribution in [0.1, 0.15) is 6.92 Å². The summed E-state index contributed by atoms with van der Waals surface area (Å²) in [4.78, 5) is 10.8. The van der Waals surface area contributed by atoms with Crippen LogP contribution in [0.5, 0.6) is 0 Å². The Morgan fingerprint density at radius 3 is 2.47 bits per heavy atom. The highest BCUT2D eigenvalue weighted by molar-refractivity contribution is 8.00. The van der Waals surface area contributed by atoms with Crippen molar-refractivity contribution in [3.8, 4) is 0 Å². The summed E-state index contributed by atoms with van der Waals surface area (Å²) in [6, 6.07) is 6.19. The predicted molar refractivity (Wildman–Crippen MR) is 60.3 cm³/mol. The Bertz CT molecular complexity index is 377. The van der Waals surface area contributed by atoms with Crippen molar-refractivity contribution in [2.24, 2.45) is 5.73 Å². The number of nitrogens with two attached hydrogens (primary N) is 1. The van der Waals surface area contributed by atoms with Crippen LogP contribution in [0, 0.1) is 15.5 Å². The molecule has 0 bridgehead atoms. The summed E-state index contributed by atoms with van der Waals surface area (Å²) in [5.74, 6) is 0.0957. The van der Waals surface area contributed by atoms with E-state index in [-0.39, 0.29) is 16.8 Å². The zero-order chi connectivity index (χ0) is 11.4. The van der Waals surface area contributed by atoms with Crippen molar-refractivity contribution in [3.63, 3.8) is 0 Å². The molecule has 0 heterocycles. The van der Waals surface area contributed by atoms with Crippen LogP contribution >= 0.6 is 11.8 Å². The van der Waals surface area contributed by atoms with E-state index in [1.807, 2.05) is 6.92 Å². The van der Waals surface area contributed by atoms with Gasteiger partial charge in [0.1, 0.15) is 5.84 Å². The van der Waals surface area contributed by atoms with E-state index in [4.69, 9.17) is 11.1 Å². The molecular weight excluding hydrogens is 214 g/mol. The minimum atomic E-state index is -0.442. The van der Waals surface area contributed by atoms with Crippen LogP contribution in [0.15, 0.2) is 29.2 Å². The molecule has 1 aromatic carbocycles. The number of hydrogen-bond acceptors (Lipinski definition) is 4. The number of nitro benzene ring substituents is 1. The predicted octanol–water partition coefficient (Wildman–Crippen LogP) is 2.01. The van der Waals surface area contributed by atoms with Gasteiger partial charge in [0.2, 0.25) is 0 Å². The van der Waals surface area contributed by atoms with Gasteiger partial charge in [-0.25, -0.2) is 0 Å². The molecule has 1 aromatic rings. The van der Waals surface area contributed by atoms with E-state index in [9.17, 15) is 10.1 Å². The molecule has 0 fully saturated rings. The lowest BCUT2D eigenvalue weighted by molar-refractivity contribution is -0.384. The number of nitrogens with one attached hydrogen (secondary N) is 1. The Hall–Kier alpha value is -1.56. The van der Waals surface area contributed by atoms with E-state index in [0.29, 0.717) is 0 Å². The van der Waals surface area contributed by atoms with Crippen LogP contribution in [0.25, 0.3) is 0 Å². The molecule has 15 heavy (non-hydrogen) atoms. The lowest BCUT2D eigenvalue weighted by Crippen LogP contribution is -2.21. The number of nitro groups is 1. The molecule has 0 aliphatic rings. The van der Waals surface area contributed by atoms with Crippen molar-refractivity contribution >= 4 is 23.3 Å². The monoisotopic (exact) mass is 225 g/mol. The van der Waals surface area contributed by atoms with Crippen molar-refractivity contribution in [1.82, 2.24) is 0 Å². The van der Waals surface area contributed by atoms with Gasteiger partial charge in [-0.15, -0.1) is 11.8 Å². The first-order valence-corrected chi connectivity index (χ1v) is 5.13. The van der Waals surface area contributed by atoms with Gasteiger partial charge in [0.05, 0.1) is 10.2 Å². The summed E-state index contributed by atoms with van der Waals surface area (Å²) in [5, 5.41) is 17.5. The summed E-state index contributed by atoms with van der Waals surface area (Å²) in [6.07, 6.45) is 0. The van der Waals surface area contributed by atoms with E-state index >= 15 is 0 Å². The molecule has 1 atom stereocenters. The maximum Gasteiger partial charge on any atom is 0.269 e. The fraction of sp³-hybridized carbons (Fsp3) is 0.222. The molecule has 0 aliphatic heterocycles. The van der Waals surface area contributed by atoms with Crippen molar-refractivity contribution in [1.29, 1.82) is 5.41 Å². The third-order valence-corrected chi connectivity index (χ3v) is 2.95. The van der Waals surface area contributed by atoms with Crippen LogP contribution in [-0.4, -0.2) is 16.0 Å². The van der Waals surface area contributed by atoms with Gasteiger partial charge in [0, 0.05) is 17.0 Å². The van der Waals surface area contributed by atoms with Gasteiger partial charge in [-0.05, 0) is 19.1 Å². The van der Waals surface area contributed by atoms with Gasteiger partial charge in [-0.1, -0.05) is 0 Å². The van der Waals surface area contributed by atoms with Crippen molar-refractivity contribution in [2.75, 3.05) is 0 Å². The van der Waals surface area contributed by atoms with Crippen LogP contribution in [0.2, 0.25) is 0 Å². The largest absolute Gasteiger partial charge is 0.387 e. The maximum absolute atomic E-state index is 10.4. The van der Waals surface area contributed by atoms with E-state index < -0.39 is 4.92 Å². The normalized spacial score (nSPS) is 12.1. The first kappa shape index (κ1) is 11.5. The second-order valence-corrected chi connectivity index (χ2v) is 4.38. The fourth-order valence-electron chi connectivity index (χ4n) is 0.914. The highest BCUT2D eigenvalue weighted by Crippen LogP contribution is 2.24. The maximum atomic E-state index is 10.4. The van der Waals surface area contributed by atoms with Crippen molar-refractivity contribution in [3.05, 3.63) is 34.4 Å². The number of rotatable bonds is 4. The highest BCUT2D eigenvalue weighted by Gasteiger charge is 2.09. The number of non-ortho nitro benzene ring substituents is 1. The Morgan fingerprint density at radius 2 is 2.07 bits per heavy atom. The molecule has 0 spiro atoms. The fourth-order valence-corrected chi connectivity index (χ4v) is 1.74. The lowest BCUT2D eigenvalue weighted by atomic mass is 10.3. The van der Waals surface area contributed by atoms with Gasteiger partial charge < -0.3 is 5.73 Å². The molecule has 0 saturated carbocycles. The van der Waals surface area contributed by atoms with Gasteiger partial charge in [0.15, 0.2) is 0 Å². The van der Waals surface area contributed by atoms with E-state index in [2.05, 4.69) is 0 Å². The average Bonchev–Trinajstić information content (AvgIpc) is 2.18. The number of hydrogen-bond donors (Lipinski definition) is 2. The van der Waals surface area contributed by atoms with Crippen LogP contribution < -0.4 is 5.73 Å². The molecule has 0 amide bonds. The van der Waals surface area contributed by atoms with Gasteiger partial charge >= 0.3 is 0 Å². The number of nitrogens with zero attached hydrogens (tertiary/aromatic N) is 1. The number of amidine groups is 1. The zero-order valence-corrected chi connectivity index (χ0v) is 8.95. The van der Waals surface area contributed by atoms with Gasteiger partial charge in [-0.2, -0.15) is 0 Å². The number of benzene rings is 1. The minimum Gasteiger partial charge on any atom is -0.387 e. The van der Waals surface area contributed by atoms with Gasteiger partial charge in [0.25, 0.3) is 5.69 Å². The first-order chi connectivity index (χ1) is 7.00. The van der Waals surface area contributed by atoms with E-state index in [0.717, 1.165) is 4.90 Å². The van der Waals surface area contributed by atoms with Crippen LogP contribution in [0.4, 0.5) is 5.69 Å². The zero-order valence-electron chi connectivity index (χ0n) is 8.14.